The molecule has 0 saturated carbocycles. The molecule has 3 heterocycles. The summed E-state index contributed by atoms with van der Waals surface area (Å²) in [6.45, 7) is 3.76. The monoisotopic (exact) mass is 212 g/mol. The van der Waals surface area contributed by atoms with Crippen molar-refractivity contribution in [1.82, 2.24) is 4.90 Å². The van der Waals surface area contributed by atoms with E-state index < -0.39 is 0 Å². The Morgan fingerprint density at radius 2 is 1.67 bits per heavy atom. The van der Waals surface area contributed by atoms with E-state index in [1.807, 2.05) is 0 Å². The van der Waals surface area contributed by atoms with Gasteiger partial charge in [-0.3, -0.25) is 0 Å². The van der Waals surface area contributed by atoms with Gasteiger partial charge >= 0.3 is 0 Å². The molecule has 0 aromatic carbocycles. The van der Waals surface area contributed by atoms with Crippen LogP contribution in [0, 0.1) is 5.92 Å². The highest BCUT2D eigenvalue weighted by Crippen LogP contribution is 2.25. The number of fused-ring (bicyclic) bond motifs is 4. The van der Waals surface area contributed by atoms with Crippen molar-refractivity contribution in [3.05, 3.63) is 0 Å². The third-order valence-electron chi connectivity index (χ3n) is 2.84. The summed E-state index contributed by atoms with van der Waals surface area (Å²) in [6.07, 6.45) is 4.07. The second-order valence-corrected chi connectivity index (χ2v) is 3.74. The Balaban J connectivity index is 0.000000605. The van der Waals surface area contributed by atoms with E-state index in [-0.39, 0.29) is 24.8 Å². The second kappa shape index (κ2) is 5.28. The first-order chi connectivity index (χ1) is 4.84. The van der Waals surface area contributed by atoms with Crippen molar-refractivity contribution in [2.24, 2.45) is 11.7 Å². The molecule has 0 aliphatic carbocycles. The minimum Gasteiger partial charge on any atom is -0.327 e. The SMILES string of the molecule is Cl.Cl.NC1CC2CCN(CC2)C1. The minimum atomic E-state index is 0. The maximum absolute atomic E-state index is 5.91. The Morgan fingerprint density at radius 1 is 1.08 bits per heavy atom. The lowest BCUT2D eigenvalue weighted by Crippen LogP contribution is -2.35. The van der Waals surface area contributed by atoms with Crippen molar-refractivity contribution in [2.45, 2.75) is 25.3 Å². The van der Waals surface area contributed by atoms with Crippen molar-refractivity contribution in [3.63, 3.8) is 0 Å². The third kappa shape index (κ3) is 2.77. The largest absolute Gasteiger partial charge is 0.327 e. The summed E-state index contributed by atoms with van der Waals surface area (Å²) in [4.78, 5) is 2.51. The van der Waals surface area contributed by atoms with Crippen LogP contribution in [0.1, 0.15) is 19.3 Å². The number of piperidine rings is 1. The van der Waals surface area contributed by atoms with Gasteiger partial charge in [0.2, 0.25) is 0 Å². The van der Waals surface area contributed by atoms with Crippen LogP contribution in [0.4, 0.5) is 0 Å². The van der Waals surface area contributed by atoms with Gasteiger partial charge in [-0.15, -0.1) is 24.8 Å². The zero-order chi connectivity index (χ0) is 6.97. The molecule has 3 saturated heterocycles. The Kier molecular flexibility index (Phi) is 5.50. The molecule has 1 atom stereocenters. The van der Waals surface area contributed by atoms with E-state index in [0.29, 0.717) is 6.04 Å². The highest BCUT2D eigenvalue weighted by atomic mass is 35.5. The molecule has 12 heavy (non-hydrogen) atoms. The Bertz CT molecular complexity index is 110. The molecule has 2 N–H and O–H groups in total. The first-order valence-electron chi connectivity index (χ1n) is 4.32. The van der Waals surface area contributed by atoms with Crippen LogP contribution < -0.4 is 5.73 Å². The average molecular weight is 213 g/mol. The summed E-state index contributed by atoms with van der Waals surface area (Å²) in [5.41, 5.74) is 5.91. The highest BCUT2D eigenvalue weighted by molar-refractivity contribution is 5.85. The molecule has 0 spiro atoms. The normalized spacial score (nSPS) is 39.2. The lowest BCUT2D eigenvalue weighted by molar-refractivity contribution is 0.223. The van der Waals surface area contributed by atoms with Crippen LogP contribution in [0.3, 0.4) is 0 Å². The molecule has 3 aliphatic heterocycles. The Morgan fingerprint density at radius 3 is 2.25 bits per heavy atom. The molecule has 2 bridgehead atoms. The lowest BCUT2D eigenvalue weighted by Gasteiger charge is -2.25. The van der Waals surface area contributed by atoms with E-state index in [2.05, 4.69) is 4.90 Å². The smallest absolute Gasteiger partial charge is 0.0170 e. The van der Waals surface area contributed by atoms with Gasteiger partial charge in [0.15, 0.2) is 0 Å². The number of hydrogen-bond donors (Lipinski definition) is 1. The molecule has 0 radical (unpaired) electrons. The van der Waals surface area contributed by atoms with Crippen LogP contribution in [-0.2, 0) is 0 Å². The molecule has 0 amide bonds. The fourth-order valence-corrected chi connectivity index (χ4v) is 2.24. The van der Waals surface area contributed by atoms with E-state index in [1.54, 1.807) is 0 Å². The van der Waals surface area contributed by atoms with Gasteiger partial charge in [0.25, 0.3) is 0 Å². The van der Waals surface area contributed by atoms with Gasteiger partial charge in [-0.25, -0.2) is 0 Å². The first kappa shape index (κ1) is 12.5. The van der Waals surface area contributed by atoms with Gasteiger partial charge in [0.05, 0.1) is 0 Å². The predicted molar refractivity (Wildman–Crippen MR) is 56.3 cm³/mol. The molecule has 3 rings (SSSR count). The van der Waals surface area contributed by atoms with E-state index in [9.17, 15) is 0 Å². The third-order valence-corrected chi connectivity index (χ3v) is 2.84. The summed E-state index contributed by atoms with van der Waals surface area (Å²) >= 11 is 0. The van der Waals surface area contributed by atoms with Crippen LogP contribution in [0.25, 0.3) is 0 Å². The maximum Gasteiger partial charge on any atom is 0.0170 e. The van der Waals surface area contributed by atoms with Crippen LogP contribution >= 0.6 is 24.8 Å². The van der Waals surface area contributed by atoms with Crippen LogP contribution in [0.2, 0.25) is 0 Å². The minimum absolute atomic E-state index is 0. The fourth-order valence-electron chi connectivity index (χ4n) is 2.24. The van der Waals surface area contributed by atoms with Gasteiger partial charge in [0.1, 0.15) is 0 Å². The summed E-state index contributed by atoms with van der Waals surface area (Å²) in [5, 5.41) is 0. The Hall–Kier alpha value is 0.500. The van der Waals surface area contributed by atoms with Crippen molar-refractivity contribution in [1.29, 1.82) is 0 Å². The number of hydrogen-bond acceptors (Lipinski definition) is 2. The second-order valence-electron chi connectivity index (χ2n) is 3.74. The molecule has 3 aliphatic rings. The van der Waals surface area contributed by atoms with Crippen molar-refractivity contribution in [3.8, 4) is 0 Å². The maximum atomic E-state index is 5.91. The van der Waals surface area contributed by atoms with Gasteiger partial charge in [-0.2, -0.15) is 0 Å². The zero-order valence-corrected chi connectivity index (χ0v) is 8.87. The fraction of sp³-hybridized carbons (Fsp3) is 1.00. The van der Waals surface area contributed by atoms with Crippen LogP contribution in [-0.4, -0.2) is 30.6 Å². The topological polar surface area (TPSA) is 29.3 Å². The van der Waals surface area contributed by atoms with Gasteiger partial charge in [0, 0.05) is 12.6 Å². The van der Waals surface area contributed by atoms with E-state index in [0.717, 1.165) is 12.5 Å². The molecule has 3 fully saturated rings. The molecular weight excluding hydrogens is 195 g/mol. The lowest BCUT2D eigenvalue weighted by atomic mass is 9.94. The molecule has 1 unspecified atom stereocenters. The van der Waals surface area contributed by atoms with E-state index >= 15 is 0 Å². The molecule has 0 aromatic heterocycles. The van der Waals surface area contributed by atoms with Crippen molar-refractivity contribution in [2.75, 3.05) is 19.6 Å². The Labute approximate surface area is 86.7 Å². The van der Waals surface area contributed by atoms with Crippen LogP contribution in [0.15, 0.2) is 0 Å². The van der Waals surface area contributed by atoms with E-state index in [1.165, 1.54) is 32.4 Å². The summed E-state index contributed by atoms with van der Waals surface area (Å²) in [6, 6.07) is 0.468. The van der Waals surface area contributed by atoms with Gasteiger partial charge < -0.3 is 10.6 Å². The average Bonchev–Trinajstić information content (AvgIpc) is 2.17. The standard InChI is InChI=1S/C8H16N2.2ClH/c9-8-5-7-1-3-10(6-8)4-2-7;;/h7-8H,1-6,9H2;2*1H. The summed E-state index contributed by atoms with van der Waals surface area (Å²) in [7, 11) is 0. The number of nitrogens with zero attached hydrogens (tertiary/aromatic N) is 1. The molecule has 0 aromatic rings. The first-order valence-corrected chi connectivity index (χ1v) is 4.32. The summed E-state index contributed by atoms with van der Waals surface area (Å²) in [5.74, 6) is 0.953. The van der Waals surface area contributed by atoms with Crippen molar-refractivity contribution < 1.29 is 0 Å². The molecule has 4 heteroatoms. The van der Waals surface area contributed by atoms with E-state index in [4.69, 9.17) is 5.73 Å². The highest BCUT2D eigenvalue weighted by Gasteiger charge is 2.26. The van der Waals surface area contributed by atoms with Crippen molar-refractivity contribution >= 4 is 24.8 Å². The molecular formula is C8H18Cl2N2. The number of nitrogens with two attached hydrogens (primary N) is 1. The quantitative estimate of drug-likeness (QED) is 0.656. The van der Waals surface area contributed by atoms with Gasteiger partial charge in [-0.05, 0) is 38.3 Å². The molecule has 74 valence electrons. The summed E-state index contributed by atoms with van der Waals surface area (Å²) < 4.78 is 0. The molecule has 2 nitrogen and oxygen atoms in total. The zero-order valence-electron chi connectivity index (χ0n) is 7.24. The number of rotatable bonds is 0. The number of halogens is 2. The van der Waals surface area contributed by atoms with Crippen LogP contribution in [0.5, 0.6) is 0 Å². The predicted octanol–water partition coefficient (Wildman–Crippen LogP) is 1.27. The van der Waals surface area contributed by atoms with Gasteiger partial charge in [-0.1, -0.05) is 0 Å².